The number of amides is 1. The number of halogens is 1. The van der Waals surface area contributed by atoms with E-state index in [9.17, 15) is 18.0 Å². The summed E-state index contributed by atoms with van der Waals surface area (Å²) < 4.78 is 25.7. The highest BCUT2D eigenvalue weighted by atomic mass is 35.5. The van der Waals surface area contributed by atoms with Crippen LogP contribution >= 0.6 is 11.6 Å². The molecule has 21 heavy (non-hydrogen) atoms. The second kappa shape index (κ2) is 7.03. The number of nitrogens with one attached hydrogen (secondary N) is 2. The molecule has 1 aromatic carbocycles. The average molecular weight is 332 g/mol. The first kappa shape index (κ1) is 16.9. The molecule has 0 atom stereocenters. The van der Waals surface area contributed by atoms with Crippen molar-refractivity contribution in [3.63, 3.8) is 0 Å². The minimum absolute atomic E-state index is 0.0318. The molecule has 10 heteroatoms. The summed E-state index contributed by atoms with van der Waals surface area (Å²) in [5, 5.41) is 19.0. The van der Waals surface area contributed by atoms with Crippen molar-refractivity contribution in [2.75, 3.05) is 13.1 Å². The van der Waals surface area contributed by atoms with Crippen molar-refractivity contribution in [2.45, 2.75) is 4.90 Å². The minimum atomic E-state index is -3.99. The molecule has 0 aliphatic rings. The van der Waals surface area contributed by atoms with Crippen molar-refractivity contribution >= 4 is 33.5 Å². The van der Waals surface area contributed by atoms with Gasteiger partial charge in [-0.05, 0) is 18.2 Å². The van der Waals surface area contributed by atoms with Gasteiger partial charge in [0, 0.05) is 0 Å². The monoisotopic (exact) mass is 331 g/mol. The predicted octanol–water partition coefficient (Wildman–Crippen LogP) is -0.309. The van der Waals surface area contributed by atoms with Gasteiger partial charge in [-0.25, -0.2) is 13.1 Å². The summed E-state index contributed by atoms with van der Waals surface area (Å²) in [5.74, 6) is -2.04. The molecule has 0 radical (unpaired) electrons. The van der Waals surface area contributed by atoms with E-state index in [-0.39, 0.29) is 15.5 Å². The van der Waals surface area contributed by atoms with Gasteiger partial charge in [-0.15, -0.1) is 0 Å². The van der Waals surface area contributed by atoms with Crippen LogP contribution in [0.25, 0.3) is 0 Å². The maximum Gasteiger partial charge on any atom is 0.322 e. The van der Waals surface area contributed by atoms with E-state index in [0.717, 1.165) is 6.07 Å². The molecule has 0 heterocycles. The number of nitriles is 1. The fourth-order valence-electron chi connectivity index (χ4n) is 1.23. The summed E-state index contributed by atoms with van der Waals surface area (Å²) in [6, 6.07) is 5.27. The number of carbonyl (C=O) groups excluding carboxylic acids is 1. The molecule has 0 fully saturated rings. The maximum atomic E-state index is 11.9. The van der Waals surface area contributed by atoms with Crippen molar-refractivity contribution in [3.05, 3.63) is 28.8 Å². The Labute approximate surface area is 125 Å². The van der Waals surface area contributed by atoms with E-state index < -0.39 is 35.0 Å². The zero-order valence-corrected chi connectivity index (χ0v) is 12.0. The molecule has 8 nitrogen and oxygen atoms in total. The first-order chi connectivity index (χ1) is 9.76. The number of hydrogen-bond donors (Lipinski definition) is 3. The standard InChI is InChI=1S/C11H10ClN3O5S/c12-9-3-8(2-1-7(9)4-13)21(19,20)15-5-10(16)14-6-11(17)18/h1-3,15H,5-6H2,(H,14,16)(H,17,18). The van der Waals surface area contributed by atoms with Gasteiger partial charge in [0.2, 0.25) is 15.9 Å². The van der Waals surface area contributed by atoms with Crippen LogP contribution in [0, 0.1) is 11.3 Å². The minimum Gasteiger partial charge on any atom is -0.480 e. The van der Waals surface area contributed by atoms with Crippen LogP contribution in [0.3, 0.4) is 0 Å². The molecule has 1 amide bonds. The summed E-state index contributed by atoms with van der Waals surface area (Å²) in [6.45, 7) is -1.23. The molecule has 1 aromatic rings. The molecule has 0 aliphatic heterocycles. The van der Waals surface area contributed by atoms with E-state index in [1.165, 1.54) is 12.1 Å². The molecule has 0 saturated heterocycles. The van der Waals surface area contributed by atoms with Crippen molar-refractivity contribution in [1.29, 1.82) is 5.26 Å². The van der Waals surface area contributed by atoms with Crippen molar-refractivity contribution in [3.8, 4) is 6.07 Å². The normalized spacial score (nSPS) is 10.7. The molecule has 112 valence electrons. The van der Waals surface area contributed by atoms with Crippen LogP contribution in [0.1, 0.15) is 5.56 Å². The van der Waals surface area contributed by atoms with Gasteiger partial charge in [-0.1, -0.05) is 11.6 Å². The quantitative estimate of drug-likeness (QED) is 0.654. The molecule has 0 saturated carbocycles. The molecule has 0 bridgehead atoms. The Balaban J connectivity index is 2.74. The zero-order valence-electron chi connectivity index (χ0n) is 10.5. The molecule has 0 unspecified atom stereocenters. The van der Waals surface area contributed by atoms with Crippen LogP contribution < -0.4 is 10.0 Å². The van der Waals surface area contributed by atoms with Crippen LogP contribution in [0.4, 0.5) is 0 Å². The van der Waals surface area contributed by atoms with Gasteiger partial charge in [-0.3, -0.25) is 9.59 Å². The first-order valence-corrected chi connectivity index (χ1v) is 7.30. The molecule has 0 aliphatic carbocycles. The number of aliphatic carboxylic acids is 1. The van der Waals surface area contributed by atoms with Gasteiger partial charge in [0.15, 0.2) is 0 Å². The summed E-state index contributed by atoms with van der Waals surface area (Å²) in [5.41, 5.74) is 0.120. The summed E-state index contributed by atoms with van der Waals surface area (Å²) in [4.78, 5) is 21.2. The number of carboxylic acid groups (broad SMARTS) is 1. The Morgan fingerprint density at radius 2 is 2.00 bits per heavy atom. The number of sulfonamides is 1. The van der Waals surface area contributed by atoms with Crippen molar-refractivity contribution in [2.24, 2.45) is 0 Å². The van der Waals surface area contributed by atoms with E-state index in [1.54, 1.807) is 6.07 Å². The number of hydrogen-bond acceptors (Lipinski definition) is 5. The van der Waals surface area contributed by atoms with E-state index in [0.29, 0.717) is 0 Å². The molecule has 0 spiro atoms. The average Bonchev–Trinajstić information content (AvgIpc) is 2.42. The highest BCUT2D eigenvalue weighted by Gasteiger charge is 2.17. The molecule has 0 aromatic heterocycles. The number of rotatable bonds is 6. The third-order valence-corrected chi connectivity index (χ3v) is 3.94. The van der Waals surface area contributed by atoms with Crippen LogP contribution in [-0.2, 0) is 19.6 Å². The third kappa shape index (κ3) is 5.03. The zero-order chi connectivity index (χ0) is 16.0. The van der Waals surface area contributed by atoms with E-state index in [4.69, 9.17) is 22.0 Å². The number of carboxylic acids is 1. The molecule has 1 rings (SSSR count). The lowest BCUT2D eigenvalue weighted by atomic mass is 10.2. The highest BCUT2D eigenvalue weighted by Crippen LogP contribution is 2.19. The summed E-state index contributed by atoms with van der Waals surface area (Å²) >= 11 is 5.72. The topological polar surface area (TPSA) is 136 Å². The Morgan fingerprint density at radius 1 is 1.33 bits per heavy atom. The Morgan fingerprint density at radius 3 is 2.52 bits per heavy atom. The lowest BCUT2D eigenvalue weighted by Crippen LogP contribution is -2.38. The summed E-state index contributed by atoms with van der Waals surface area (Å²) in [6.07, 6.45) is 0. The smallest absolute Gasteiger partial charge is 0.322 e. The van der Waals surface area contributed by atoms with E-state index in [1.807, 2.05) is 10.0 Å². The summed E-state index contributed by atoms with van der Waals surface area (Å²) in [7, 11) is -3.99. The van der Waals surface area contributed by atoms with E-state index in [2.05, 4.69) is 0 Å². The highest BCUT2D eigenvalue weighted by molar-refractivity contribution is 7.89. The third-order valence-electron chi connectivity index (χ3n) is 2.23. The van der Waals surface area contributed by atoms with Crippen LogP contribution in [0.15, 0.2) is 23.1 Å². The van der Waals surface area contributed by atoms with Crippen molar-refractivity contribution in [1.82, 2.24) is 10.0 Å². The Kier molecular flexibility index (Phi) is 5.66. The van der Waals surface area contributed by atoms with Gasteiger partial charge in [0.1, 0.15) is 12.6 Å². The second-order valence-corrected chi connectivity index (χ2v) is 5.92. The fraction of sp³-hybridized carbons (Fsp3) is 0.182. The van der Waals surface area contributed by atoms with Gasteiger partial charge in [-0.2, -0.15) is 5.26 Å². The van der Waals surface area contributed by atoms with Gasteiger partial charge in [0.05, 0.1) is 22.0 Å². The lowest BCUT2D eigenvalue weighted by Gasteiger charge is -2.07. The van der Waals surface area contributed by atoms with Gasteiger partial charge in [0.25, 0.3) is 0 Å². The fourth-order valence-corrected chi connectivity index (χ4v) is 2.53. The van der Waals surface area contributed by atoms with Crippen molar-refractivity contribution < 1.29 is 23.1 Å². The first-order valence-electron chi connectivity index (χ1n) is 5.44. The number of benzene rings is 1. The Bertz CT molecular complexity index is 711. The number of carbonyl (C=O) groups is 2. The largest absolute Gasteiger partial charge is 0.480 e. The SMILES string of the molecule is N#Cc1ccc(S(=O)(=O)NCC(=O)NCC(=O)O)cc1Cl. The van der Waals surface area contributed by atoms with Crippen LogP contribution in [0.5, 0.6) is 0 Å². The molecule has 3 N–H and O–H groups in total. The van der Waals surface area contributed by atoms with Crippen LogP contribution in [-0.4, -0.2) is 38.5 Å². The predicted molar refractivity (Wildman–Crippen MR) is 72.0 cm³/mol. The molecular weight excluding hydrogens is 322 g/mol. The van der Waals surface area contributed by atoms with E-state index >= 15 is 0 Å². The van der Waals surface area contributed by atoms with Crippen LogP contribution in [0.2, 0.25) is 5.02 Å². The van der Waals surface area contributed by atoms with Gasteiger partial charge < -0.3 is 10.4 Å². The Hall–Kier alpha value is -2.15. The second-order valence-electron chi connectivity index (χ2n) is 3.75. The lowest BCUT2D eigenvalue weighted by molar-refractivity contribution is -0.137. The van der Waals surface area contributed by atoms with Gasteiger partial charge >= 0.3 is 5.97 Å². The molecular formula is C11H10ClN3O5S. The maximum absolute atomic E-state index is 11.9. The number of nitrogens with zero attached hydrogens (tertiary/aromatic N) is 1.